The summed E-state index contributed by atoms with van der Waals surface area (Å²) in [5, 5.41) is 0. The van der Waals surface area contributed by atoms with Gasteiger partial charge in [-0.25, -0.2) is 0 Å². The van der Waals surface area contributed by atoms with Crippen LogP contribution in [0.2, 0.25) is 0 Å². The van der Waals surface area contributed by atoms with E-state index in [1.165, 1.54) is 12.8 Å². The molecule has 0 aromatic rings. The van der Waals surface area contributed by atoms with Crippen molar-refractivity contribution in [3.05, 3.63) is 12.2 Å². The van der Waals surface area contributed by atoms with Gasteiger partial charge >= 0.3 is 0 Å². The van der Waals surface area contributed by atoms with Crippen LogP contribution in [0, 0.1) is 5.92 Å². The second-order valence-electron chi connectivity index (χ2n) is 3.73. The van der Waals surface area contributed by atoms with Crippen LogP contribution in [0.5, 0.6) is 0 Å². The van der Waals surface area contributed by atoms with Gasteiger partial charge in [0, 0.05) is 0 Å². The molecule has 0 aromatic carbocycles. The highest BCUT2D eigenvalue weighted by Crippen LogP contribution is 2.21. The number of likely N-dealkylation sites (tertiary alicyclic amines) is 1. The molecule has 0 atom stereocenters. The van der Waals surface area contributed by atoms with Gasteiger partial charge in [0.05, 0.1) is 0 Å². The fourth-order valence-corrected chi connectivity index (χ4v) is 1.69. The van der Waals surface area contributed by atoms with E-state index in [-0.39, 0.29) is 0 Å². The lowest BCUT2D eigenvalue weighted by atomic mass is 9.91. The minimum Gasteiger partial charge on any atom is -0.306 e. The van der Waals surface area contributed by atoms with E-state index in [0.717, 1.165) is 31.4 Å². The first-order valence-corrected chi connectivity index (χ1v) is 4.54. The molecular formula is C10H17NO. The van der Waals surface area contributed by atoms with Crippen LogP contribution in [0.4, 0.5) is 0 Å². The van der Waals surface area contributed by atoms with Crippen molar-refractivity contribution in [3.8, 4) is 0 Å². The Morgan fingerprint density at radius 1 is 1.58 bits per heavy atom. The Labute approximate surface area is 74.2 Å². The van der Waals surface area contributed by atoms with Crippen LogP contribution in [-0.2, 0) is 4.79 Å². The molecule has 0 unspecified atom stereocenters. The van der Waals surface area contributed by atoms with E-state index >= 15 is 0 Å². The molecule has 2 heteroatoms. The van der Waals surface area contributed by atoms with Crippen LogP contribution in [0.3, 0.4) is 0 Å². The zero-order chi connectivity index (χ0) is 8.97. The number of aldehydes is 1. The number of allylic oxidation sites excluding steroid dienone is 1. The molecule has 1 heterocycles. The molecule has 1 fully saturated rings. The van der Waals surface area contributed by atoms with Crippen LogP contribution < -0.4 is 0 Å². The Balaban J connectivity index is 2.26. The summed E-state index contributed by atoms with van der Waals surface area (Å²) < 4.78 is 0. The van der Waals surface area contributed by atoms with Crippen molar-refractivity contribution in [2.45, 2.75) is 19.3 Å². The van der Waals surface area contributed by atoms with Crippen molar-refractivity contribution in [3.63, 3.8) is 0 Å². The molecule has 0 amide bonds. The second kappa shape index (κ2) is 4.41. The van der Waals surface area contributed by atoms with Gasteiger partial charge in [-0.2, -0.15) is 0 Å². The molecule has 1 rings (SSSR count). The molecule has 0 N–H and O–H groups in total. The van der Waals surface area contributed by atoms with Gasteiger partial charge in [-0.15, -0.1) is 0 Å². The van der Waals surface area contributed by atoms with Crippen molar-refractivity contribution in [2.75, 3.05) is 20.1 Å². The summed E-state index contributed by atoms with van der Waals surface area (Å²) in [6.07, 6.45) is 4.21. The van der Waals surface area contributed by atoms with Crippen molar-refractivity contribution < 1.29 is 4.79 Å². The van der Waals surface area contributed by atoms with E-state index in [4.69, 9.17) is 0 Å². The van der Waals surface area contributed by atoms with Crippen LogP contribution in [0.15, 0.2) is 12.2 Å². The standard InChI is InChI=1S/C10H17NO/c1-9(8-12)7-10-3-5-11(2)6-4-10/h8,10H,1,3-7H2,2H3. The van der Waals surface area contributed by atoms with E-state index in [9.17, 15) is 4.79 Å². The largest absolute Gasteiger partial charge is 0.306 e. The predicted molar refractivity (Wildman–Crippen MR) is 50.0 cm³/mol. The third-order valence-electron chi connectivity index (χ3n) is 2.56. The topological polar surface area (TPSA) is 20.3 Å². The second-order valence-corrected chi connectivity index (χ2v) is 3.73. The van der Waals surface area contributed by atoms with Gasteiger partial charge in [0.1, 0.15) is 6.29 Å². The molecule has 0 bridgehead atoms. The molecule has 1 aliphatic rings. The SMILES string of the molecule is C=C(C=O)CC1CCN(C)CC1. The van der Waals surface area contributed by atoms with E-state index in [1.54, 1.807) is 0 Å². The number of piperidine rings is 1. The average molecular weight is 167 g/mol. The van der Waals surface area contributed by atoms with Crippen molar-refractivity contribution in [1.29, 1.82) is 0 Å². The summed E-state index contributed by atoms with van der Waals surface area (Å²) in [6, 6.07) is 0. The van der Waals surface area contributed by atoms with Gasteiger partial charge in [-0.05, 0) is 50.9 Å². The van der Waals surface area contributed by atoms with Crippen molar-refractivity contribution in [1.82, 2.24) is 4.90 Å². The van der Waals surface area contributed by atoms with Gasteiger partial charge in [0.25, 0.3) is 0 Å². The van der Waals surface area contributed by atoms with Gasteiger partial charge in [-0.1, -0.05) is 6.58 Å². The third-order valence-corrected chi connectivity index (χ3v) is 2.56. The fraction of sp³-hybridized carbons (Fsp3) is 0.700. The van der Waals surface area contributed by atoms with E-state index in [0.29, 0.717) is 5.92 Å². The summed E-state index contributed by atoms with van der Waals surface area (Å²) in [4.78, 5) is 12.7. The summed E-state index contributed by atoms with van der Waals surface area (Å²) in [7, 11) is 2.14. The molecule has 0 saturated carbocycles. The molecular weight excluding hydrogens is 150 g/mol. The zero-order valence-electron chi connectivity index (χ0n) is 7.75. The maximum atomic E-state index is 10.3. The number of nitrogens with zero attached hydrogens (tertiary/aromatic N) is 1. The summed E-state index contributed by atoms with van der Waals surface area (Å²) in [6.45, 7) is 6.03. The molecule has 2 nitrogen and oxygen atoms in total. The molecule has 12 heavy (non-hydrogen) atoms. The highest BCUT2D eigenvalue weighted by Gasteiger charge is 2.16. The number of hydrogen-bond acceptors (Lipinski definition) is 2. The Kier molecular flexibility index (Phi) is 3.48. The average Bonchev–Trinajstić information content (AvgIpc) is 2.09. The number of rotatable bonds is 3. The molecule has 0 aromatic heterocycles. The van der Waals surface area contributed by atoms with Crippen LogP contribution >= 0.6 is 0 Å². The number of carbonyl (C=O) groups is 1. The number of hydrogen-bond donors (Lipinski definition) is 0. The Hall–Kier alpha value is -0.630. The monoisotopic (exact) mass is 167 g/mol. The van der Waals surface area contributed by atoms with Gasteiger partial charge in [-0.3, -0.25) is 4.79 Å². The summed E-state index contributed by atoms with van der Waals surface area (Å²) in [5.41, 5.74) is 0.754. The van der Waals surface area contributed by atoms with E-state index in [2.05, 4.69) is 18.5 Å². The lowest BCUT2D eigenvalue weighted by molar-refractivity contribution is -0.105. The number of carbonyl (C=O) groups excluding carboxylic acids is 1. The minimum atomic E-state index is 0.693. The van der Waals surface area contributed by atoms with Crippen molar-refractivity contribution in [2.24, 2.45) is 5.92 Å². The van der Waals surface area contributed by atoms with Crippen molar-refractivity contribution >= 4 is 6.29 Å². The normalized spacial score (nSPS) is 20.8. The summed E-state index contributed by atoms with van der Waals surface area (Å²) in [5.74, 6) is 0.693. The van der Waals surface area contributed by atoms with Crippen LogP contribution in [-0.4, -0.2) is 31.3 Å². The first kappa shape index (κ1) is 9.46. The zero-order valence-corrected chi connectivity index (χ0v) is 7.75. The molecule has 0 aliphatic carbocycles. The van der Waals surface area contributed by atoms with E-state index in [1.807, 2.05) is 0 Å². The van der Waals surface area contributed by atoms with Gasteiger partial charge < -0.3 is 4.90 Å². The summed E-state index contributed by atoms with van der Waals surface area (Å²) >= 11 is 0. The molecule has 0 radical (unpaired) electrons. The Bertz CT molecular complexity index is 169. The third kappa shape index (κ3) is 2.78. The lowest BCUT2D eigenvalue weighted by Crippen LogP contribution is -2.30. The van der Waals surface area contributed by atoms with Gasteiger partial charge in [0.15, 0.2) is 0 Å². The maximum Gasteiger partial charge on any atom is 0.145 e. The van der Waals surface area contributed by atoms with Gasteiger partial charge in [0.2, 0.25) is 0 Å². The van der Waals surface area contributed by atoms with Crippen LogP contribution in [0.25, 0.3) is 0 Å². The highest BCUT2D eigenvalue weighted by atomic mass is 16.1. The molecule has 68 valence electrons. The first-order valence-electron chi connectivity index (χ1n) is 4.54. The Morgan fingerprint density at radius 2 is 2.17 bits per heavy atom. The minimum absolute atomic E-state index is 0.693. The quantitative estimate of drug-likeness (QED) is 0.468. The predicted octanol–water partition coefficient (Wildman–Crippen LogP) is 1.47. The fourth-order valence-electron chi connectivity index (χ4n) is 1.69. The molecule has 1 aliphatic heterocycles. The molecule has 1 saturated heterocycles. The molecule has 0 spiro atoms. The first-order chi connectivity index (χ1) is 5.72. The maximum absolute atomic E-state index is 10.3. The Morgan fingerprint density at radius 3 is 2.67 bits per heavy atom. The van der Waals surface area contributed by atoms with E-state index < -0.39 is 0 Å². The lowest BCUT2D eigenvalue weighted by Gasteiger charge is -2.28. The highest BCUT2D eigenvalue weighted by molar-refractivity contribution is 5.71. The smallest absolute Gasteiger partial charge is 0.145 e. The van der Waals surface area contributed by atoms with Crippen LogP contribution in [0.1, 0.15) is 19.3 Å².